The second-order valence-corrected chi connectivity index (χ2v) is 5.41. The highest BCUT2D eigenvalue weighted by Gasteiger charge is 2.25. The first-order valence-electron chi connectivity index (χ1n) is 5.77. The number of hydrogen-bond donors (Lipinski definition) is 1. The molecular formula is C14H13NO2S. The fraction of sp³-hybridized carbons (Fsp3) is 0.214. The molecule has 3 rings (SSSR count). The number of carbonyl (C=O) groups is 1. The van der Waals surface area contributed by atoms with Gasteiger partial charge in [0.25, 0.3) is 0 Å². The Kier molecular flexibility index (Phi) is 2.69. The van der Waals surface area contributed by atoms with Gasteiger partial charge in [-0.25, -0.2) is 0 Å². The molecule has 4 heteroatoms. The molecule has 3 nitrogen and oxygen atoms in total. The Morgan fingerprint density at radius 2 is 2.22 bits per heavy atom. The van der Waals surface area contributed by atoms with Gasteiger partial charge in [0.2, 0.25) is 5.91 Å². The fourth-order valence-corrected chi connectivity index (χ4v) is 3.01. The van der Waals surface area contributed by atoms with Gasteiger partial charge in [-0.15, -0.1) is 11.3 Å². The average Bonchev–Trinajstić information content (AvgIpc) is 2.98. The molecule has 1 atom stereocenters. The third-order valence-corrected chi connectivity index (χ3v) is 4.23. The number of aliphatic hydroxyl groups excluding tert-OH is 1. The third-order valence-electron chi connectivity index (χ3n) is 3.31. The van der Waals surface area contributed by atoms with E-state index < -0.39 is 6.10 Å². The van der Waals surface area contributed by atoms with Crippen molar-refractivity contribution in [3.05, 3.63) is 51.7 Å². The van der Waals surface area contributed by atoms with Crippen molar-refractivity contribution >= 4 is 22.9 Å². The van der Waals surface area contributed by atoms with Crippen LogP contribution in [0.5, 0.6) is 0 Å². The lowest BCUT2D eigenvalue weighted by Crippen LogP contribution is -2.20. The van der Waals surface area contributed by atoms with Crippen LogP contribution in [0.4, 0.5) is 5.69 Å². The summed E-state index contributed by atoms with van der Waals surface area (Å²) < 4.78 is 0. The van der Waals surface area contributed by atoms with Crippen LogP contribution in [-0.4, -0.2) is 18.1 Å². The van der Waals surface area contributed by atoms with Crippen LogP contribution < -0.4 is 4.90 Å². The van der Waals surface area contributed by atoms with E-state index in [1.807, 2.05) is 35.7 Å². The molecule has 1 N–H and O–H groups in total. The van der Waals surface area contributed by atoms with Gasteiger partial charge in [-0.2, -0.15) is 0 Å². The number of rotatable bonds is 2. The summed E-state index contributed by atoms with van der Waals surface area (Å²) in [6.45, 7) is 0. The van der Waals surface area contributed by atoms with E-state index in [9.17, 15) is 9.90 Å². The van der Waals surface area contributed by atoms with Crippen molar-refractivity contribution < 1.29 is 9.90 Å². The molecule has 0 saturated carbocycles. The van der Waals surface area contributed by atoms with E-state index in [4.69, 9.17) is 0 Å². The Morgan fingerprint density at radius 1 is 1.39 bits per heavy atom. The van der Waals surface area contributed by atoms with Crippen molar-refractivity contribution in [3.63, 3.8) is 0 Å². The van der Waals surface area contributed by atoms with E-state index in [1.54, 1.807) is 11.9 Å². The predicted molar refractivity (Wildman–Crippen MR) is 71.9 cm³/mol. The number of fused-ring (bicyclic) bond motifs is 1. The molecule has 0 saturated heterocycles. The monoisotopic (exact) mass is 259 g/mol. The lowest BCUT2D eigenvalue weighted by molar-refractivity contribution is -0.117. The maximum atomic E-state index is 11.6. The molecule has 1 unspecified atom stereocenters. The highest BCUT2D eigenvalue weighted by atomic mass is 32.1. The zero-order chi connectivity index (χ0) is 12.7. The van der Waals surface area contributed by atoms with Gasteiger partial charge in [0.1, 0.15) is 6.10 Å². The Hall–Kier alpha value is -1.65. The molecule has 0 fully saturated rings. The maximum absolute atomic E-state index is 11.6. The zero-order valence-electron chi connectivity index (χ0n) is 9.96. The number of thiophene rings is 1. The quantitative estimate of drug-likeness (QED) is 0.899. The van der Waals surface area contributed by atoms with Gasteiger partial charge in [0, 0.05) is 17.6 Å². The van der Waals surface area contributed by atoms with Crippen molar-refractivity contribution in [2.24, 2.45) is 0 Å². The number of likely N-dealkylation sites (N-methyl/N-ethyl adjacent to an activating group) is 1. The summed E-state index contributed by atoms with van der Waals surface area (Å²) in [7, 11) is 1.78. The molecule has 1 amide bonds. The molecule has 0 aliphatic carbocycles. The predicted octanol–water partition coefficient (Wildman–Crippen LogP) is 2.35. The van der Waals surface area contributed by atoms with Gasteiger partial charge in [0.15, 0.2) is 0 Å². The van der Waals surface area contributed by atoms with E-state index in [2.05, 4.69) is 0 Å². The SMILES string of the molecule is CN1C(=O)Cc2cc(C(O)c3cccs3)ccc21. The number of amides is 1. The van der Waals surface area contributed by atoms with E-state index in [0.29, 0.717) is 6.42 Å². The van der Waals surface area contributed by atoms with Crippen molar-refractivity contribution in [2.75, 3.05) is 11.9 Å². The van der Waals surface area contributed by atoms with E-state index in [0.717, 1.165) is 21.7 Å². The summed E-state index contributed by atoms with van der Waals surface area (Å²) in [6.07, 6.45) is -0.173. The molecule has 0 spiro atoms. The van der Waals surface area contributed by atoms with Crippen molar-refractivity contribution in [3.8, 4) is 0 Å². The van der Waals surface area contributed by atoms with Crippen LogP contribution in [-0.2, 0) is 11.2 Å². The standard InChI is InChI=1S/C14H13NO2S/c1-15-11-5-4-9(7-10(11)8-13(15)16)14(17)12-3-2-6-18-12/h2-7,14,17H,8H2,1H3. The Labute approximate surface area is 109 Å². The Bertz CT molecular complexity index is 592. The van der Waals surface area contributed by atoms with Gasteiger partial charge in [-0.1, -0.05) is 18.2 Å². The van der Waals surface area contributed by atoms with Gasteiger partial charge in [0.05, 0.1) is 6.42 Å². The summed E-state index contributed by atoms with van der Waals surface area (Å²) in [6, 6.07) is 9.57. The summed E-state index contributed by atoms with van der Waals surface area (Å²) in [5, 5.41) is 12.2. The molecule has 2 aromatic rings. The molecule has 92 valence electrons. The van der Waals surface area contributed by atoms with Crippen LogP contribution in [0.2, 0.25) is 0 Å². The summed E-state index contributed by atoms with van der Waals surface area (Å²) in [4.78, 5) is 14.2. The molecular weight excluding hydrogens is 246 g/mol. The van der Waals surface area contributed by atoms with Crippen LogP contribution in [0.3, 0.4) is 0 Å². The van der Waals surface area contributed by atoms with Crippen molar-refractivity contribution in [2.45, 2.75) is 12.5 Å². The third kappa shape index (κ3) is 1.74. The van der Waals surface area contributed by atoms with Crippen LogP contribution in [0.1, 0.15) is 22.1 Å². The highest BCUT2D eigenvalue weighted by molar-refractivity contribution is 7.10. The minimum absolute atomic E-state index is 0.104. The van der Waals surface area contributed by atoms with E-state index >= 15 is 0 Å². The topological polar surface area (TPSA) is 40.5 Å². The fourth-order valence-electron chi connectivity index (χ4n) is 2.27. The zero-order valence-corrected chi connectivity index (χ0v) is 10.8. The summed E-state index contributed by atoms with van der Waals surface area (Å²) >= 11 is 1.53. The number of carbonyl (C=O) groups excluding carboxylic acids is 1. The van der Waals surface area contributed by atoms with E-state index in [1.165, 1.54) is 11.3 Å². The normalized spacial score (nSPS) is 15.9. The molecule has 1 aliphatic rings. The minimum Gasteiger partial charge on any atom is -0.383 e. The number of aliphatic hydroxyl groups is 1. The van der Waals surface area contributed by atoms with Crippen LogP contribution >= 0.6 is 11.3 Å². The first-order valence-corrected chi connectivity index (χ1v) is 6.65. The molecule has 1 aromatic carbocycles. The van der Waals surface area contributed by atoms with Crippen LogP contribution in [0.15, 0.2) is 35.7 Å². The number of nitrogens with zero attached hydrogens (tertiary/aromatic N) is 1. The lowest BCUT2D eigenvalue weighted by atomic mass is 10.0. The summed E-state index contributed by atoms with van der Waals surface area (Å²) in [5.41, 5.74) is 2.79. The van der Waals surface area contributed by atoms with Gasteiger partial charge < -0.3 is 10.0 Å². The second kappa shape index (κ2) is 4.23. The molecule has 1 aromatic heterocycles. The van der Waals surface area contributed by atoms with Gasteiger partial charge in [-0.05, 0) is 28.6 Å². The van der Waals surface area contributed by atoms with Gasteiger partial charge >= 0.3 is 0 Å². The molecule has 0 radical (unpaired) electrons. The molecule has 1 aliphatic heterocycles. The first kappa shape index (κ1) is 11.4. The van der Waals surface area contributed by atoms with Crippen LogP contribution in [0.25, 0.3) is 0 Å². The average molecular weight is 259 g/mol. The smallest absolute Gasteiger partial charge is 0.231 e. The van der Waals surface area contributed by atoms with E-state index in [-0.39, 0.29) is 5.91 Å². The van der Waals surface area contributed by atoms with Gasteiger partial charge in [-0.3, -0.25) is 4.79 Å². The largest absolute Gasteiger partial charge is 0.383 e. The number of hydrogen-bond acceptors (Lipinski definition) is 3. The summed E-state index contributed by atoms with van der Waals surface area (Å²) in [5.74, 6) is 0.104. The Balaban J connectivity index is 1.97. The van der Waals surface area contributed by atoms with Crippen molar-refractivity contribution in [1.29, 1.82) is 0 Å². The number of benzene rings is 1. The maximum Gasteiger partial charge on any atom is 0.231 e. The molecule has 0 bridgehead atoms. The number of anilines is 1. The minimum atomic E-state index is -0.601. The first-order chi connectivity index (χ1) is 8.66. The van der Waals surface area contributed by atoms with Crippen LogP contribution in [0, 0.1) is 0 Å². The Morgan fingerprint density at radius 3 is 2.94 bits per heavy atom. The van der Waals surface area contributed by atoms with Crippen molar-refractivity contribution in [1.82, 2.24) is 0 Å². The molecule has 2 heterocycles. The molecule has 18 heavy (non-hydrogen) atoms. The highest BCUT2D eigenvalue weighted by Crippen LogP contribution is 2.32. The second-order valence-electron chi connectivity index (χ2n) is 4.44. The lowest BCUT2D eigenvalue weighted by Gasteiger charge is -2.13.